The molecule has 0 saturated carbocycles. The topological polar surface area (TPSA) is 130 Å². The summed E-state index contributed by atoms with van der Waals surface area (Å²) < 4.78 is 47.1. The van der Waals surface area contributed by atoms with Crippen molar-refractivity contribution in [3.05, 3.63) is 46.5 Å². The number of alkyl halides is 3. The van der Waals surface area contributed by atoms with Crippen LogP contribution in [0.25, 0.3) is 0 Å². The lowest BCUT2D eigenvalue weighted by Crippen LogP contribution is -2.43. The predicted octanol–water partition coefficient (Wildman–Crippen LogP) is 3.46. The van der Waals surface area contributed by atoms with Crippen LogP contribution in [0, 0.1) is 0 Å². The lowest BCUT2D eigenvalue weighted by molar-refractivity contribution is -0.149. The maximum Gasteiger partial charge on any atom is 0.408 e. The lowest BCUT2D eigenvalue weighted by atomic mass is 10.1. The number of methoxy groups -OCH3 is 2. The summed E-state index contributed by atoms with van der Waals surface area (Å²) >= 11 is 1.53. The van der Waals surface area contributed by atoms with Gasteiger partial charge in [-0.3, -0.25) is 14.6 Å². The van der Waals surface area contributed by atoms with Crippen LogP contribution in [0.15, 0.2) is 45.9 Å². The zero-order valence-electron chi connectivity index (χ0n) is 22.5. The molecule has 1 aromatic heterocycles. The van der Waals surface area contributed by atoms with Crippen molar-refractivity contribution in [1.82, 2.24) is 20.6 Å². The van der Waals surface area contributed by atoms with E-state index in [4.69, 9.17) is 9.47 Å². The Morgan fingerprint density at radius 1 is 1.27 bits per heavy atom. The molecule has 0 fully saturated rings. The van der Waals surface area contributed by atoms with Crippen molar-refractivity contribution in [3.8, 4) is 11.9 Å². The summed E-state index contributed by atoms with van der Waals surface area (Å²) in [6.07, 6.45) is -3.01. The molecule has 2 heterocycles. The molecular formula is C25H32F3N7O4S. The van der Waals surface area contributed by atoms with Gasteiger partial charge in [0, 0.05) is 36.7 Å². The van der Waals surface area contributed by atoms with Crippen molar-refractivity contribution in [2.24, 2.45) is 4.99 Å². The second-order valence-corrected chi connectivity index (χ2v) is 9.17. The van der Waals surface area contributed by atoms with E-state index in [9.17, 15) is 22.8 Å². The summed E-state index contributed by atoms with van der Waals surface area (Å²) in [7, 11) is 4.66. The number of benzene rings is 1. The first kappa shape index (κ1) is 32.2. The average Bonchev–Trinajstić information content (AvgIpc) is 2.96. The predicted molar refractivity (Wildman–Crippen MR) is 149 cm³/mol. The van der Waals surface area contributed by atoms with Crippen LogP contribution in [0.5, 0.6) is 11.9 Å². The number of carbonyl (C=O) groups excluding carboxylic acids is 2. The van der Waals surface area contributed by atoms with Gasteiger partial charge in [-0.05, 0) is 25.8 Å². The number of ether oxygens (including phenoxy) is 2. The number of rotatable bonds is 11. The molecule has 0 aliphatic carbocycles. The first-order valence-corrected chi connectivity index (χ1v) is 12.9. The highest BCUT2D eigenvalue weighted by molar-refractivity contribution is 8.03. The van der Waals surface area contributed by atoms with Gasteiger partial charge in [0.15, 0.2) is 0 Å². The number of thioether (sulfide) groups is 1. The Morgan fingerprint density at radius 3 is 2.60 bits per heavy atom. The summed E-state index contributed by atoms with van der Waals surface area (Å²) in [5.74, 6) is 0.903. The standard InChI is InChI=1S/C14H19N5O3S.C11H13F3N2O/c1-15-10-4-5-19(7-11(10)23-9-16-8-20)12-6-13(21-2)18-14(17-12)22-3;1-7(11(12,13)14)16-10(17)8-5-3-4-6-9(8)15-2/h6,8H,1,4-5,7,9H2,2-3H3,(H,16,20);3-7,15H,1-2H3,(H,16,17). The third kappa shape index (κ3) is 9.32. The zero-order chi connectivity index (χ0) is 29.7. The second-order valence-electron chi connectivity index (χ2n) is 8.10. The summed E-state index contributed by atoms with van der Waals surface area (Å²) in [4.78, 5) is 37.7. The quantitative estimate of drug-likeness (QED) is 0.158. The zero-order valence-corrected chi connectivity index (χ0v) is 23.4. The number of halogens is 3. The molecule has 3 N–H and O–H groups in total. The van der Waals surface area contributed by atoms with E-state index in [2.05, 4.69) is 37.2 Å². The van der Waals surface area contributed by atoms with E-state index in [-0.39, 0.29) is 11.6 Å². The van der Waals surface area contributed by atoms with E-state index in [1.807, 2.05) is 5.32 Å². The number of carbonyl (C=O) groups is 2. The molecule has 0 spiro atoms. The van der Waals surface area contributed by atoms with Gasteiger partial charge >= 0.3 is 12.2 Å². The number of aliphatic imine (C=N–C) groups is 1. The van der Waals surface area contributed by atoms with E-state index in [1.165, 1.54) is 24.9 Å². The van der Waals surface area contributed by atoms with E-state index in [0.717, 1.165) is 36.3 Å². The van der Waals surface area contributed by atoms with Crippen LogP contribution in [0.2, 0.25) is 0 Å². The number of nitrogens with one attached hydrogen (secondary N) is 3. The molecule has 0 bridgehead atoms. The Labute approximate surface area is 234 Å². The van der Waals surface area contributed by atoms with Gasteiger partial charge in [0.1, 0.15) is 11.9 Å². The Hall–Kier alpha value is -4.01. The molecule has 11 nitrogen and oxygen atoms in total. The third-order valence-corrected chi connectivity index (χ3v) is 6.57. The molecule has 1 aromatic carbocycles. The van der Waals surface area contributed by atoms with E-state index < -0.39 is 18.1 Å². The SMILES string of the molecule is C=NC1=C(SCNC=O)CN(c2cc(OC)nc(OC)n2)CC1.CNc1ccccc1C(=O)NC(C)C(F)(F)F. The fourth-order valence-electron chi connectivity index (χ4n) is 3.38. The van der Waals surface area contributed by atoms with Gasteiger partial charge in [0.2, 0.25) is 12.3 Å². The van der Waals surface area contributed by atoms with Crippen molar-refractivity contribution >= 4 is 42.3 Å². The molecule has 2 aromatic rings. The Bertz CT molecular complexity index is 1170. The van der Waals surface area contributed by atoms with Gasteiger partial charge in [-0.2, -0.15) is 23.1 Å². The Kier molecular flexibility index (Phi) is 12.5. The van der Waals surface area contributed by atoms with E-state index in [1.54, 1.807) is 38.4 Å². The van der Waals surface area contributed by atoms with Gasteiger partial charge in [-0.25, -0.2) is 0 Å². The third-order valence-electron chi connectivity index (χ3n) is 5.54. The average molecular weight is 584 g/mol. The molecule has 1 aliphatic rings. The maximum atomic E-state index is 12.3. The van der Waals surface area contributed by atoms with Crippen LogP contribution < -0.4 is 30.3 Å². The fraction of sp³-hybridized carbons (Fsp3) is 0.400. The first-order chi connectivity index (χ1) is 19.1. The molecule has 40 heavy (non-hydrogen) atoms. The van der Waals surface area contributed by atoms with E-state index in [0.29, 0.717) is 30.4 Å². The first-order valence-electron chi connectivity index (χ1n) is 11.9. The van der Waals surface area contributed by atoms with Gasteiger partial charge in [0.25, 0.3) is 5.91 Å². The van der Waals surface area contributed by atoms with Gasteiger partial charge in [0.05, 0.1) is 37.9 Å². The summed E-state index contributed by atoms with van der Waals surface area (Å²) in [5, 5.41) is 7.29. The minimum absolute atomic E-state index is 0.186. The smallest absolute Gasteiger partial charge is 0.408 e. The number of hydrogen-bond donors (Lipinski definition) is 3. The number of hydrogen-bond acceptors (Lipinski definition) is 10. The second kappa shape index (κ2) is 15.5. The van der Waals surface area contributed by atoms with Crippen molar-refractivity contribution in [2.75, 3.05) is 50.5 Å². The summed E-state index contributed by atoms with van der Waals surface area (Å²) in [6, 6.07) is 6.51. The number of para-hydroxylation sites is 1. The summed E-state index contributed by atoms with van der Waals surface area (Å²) in [5.41, 5.74) is 1.62. The fourth-order valence-corrected chi connectivity index (χ4v) is 4.29. The van der Waals surface area contributed by atoms with Crippen LogP contribution in [0.1, 0.15) is 23.7 Å². The van der Waals surface area contributed by atoms with Crippen molar-refractivity contribution in [1.29, 1.82) is 0 Å². The van der Waals surface area contributed by atoms with Crippen molar-refractivity contribution in [2.45, 2.75) is 25.6 Å². The number of anilines is 2. The molecule has 15 heteroatoms. The highest BCUT2D eigenvalue weighted by Crippen LogP contribution is 2.31. The monoisotopic (exact) mass is 583 g/mol. The van der Waals surface area contributed by atoms with Crippen LogP contribution in [0.4, 0.5) is 24.7 Å². The van der Waals surface area contributed by atoms with Crippen LogP contribution in [-0.4, -0.2) is 81.5 Å². The molecule has 218 valence electrons. The molecule has 2 amide bonds. The van der Waals surface area contributed by atoms with Gasteiger partial charge in [-0.15, -0.1) is 11.8 Å². The largest absolute Gasteiger partial charge is 0.481 e. The normalized spacial score (nSPS) is 13.8. The highest BCUT2D eigenvalue weighted by Gasteiger charge is 2.37. The molecular weight excluding hydrogens is 551 g/mol. The minimum atomic E-state index is -4.44. The number of aromatic nitrogens is 2. The van der Waals surface area contributed by atoms with Crippen LogP contribution in [0.3, 0.4) is 0 Å². The number of nitrogens with zero attached hydrogens (tertiary/aromatic N) is 4. The molecule has 1 atom stereocenters. The molecule has 1 unspecified atom stereocenters. The lowest BCUT2D eigenvalue weighted by Gasteiger charge is -2.30. The molecule has 0 saturated heterocycles. The molecule has 1 aliphatic heterocycles. The van der Waals surface area contributed by atoms with Crippen molar-refractivity contribution in [3.63, 3.8) is 0 Å². The van der Waals surface area contributed by atoms with Crippen LogP contribution >= 0.6 is 11.8 Å². The Balaban J connectivity index is 0.000000294. The highest BCUT2D eigenvalue weighted by atomic mass is 32.2. The van der Waals surface area contributed by atoms with Gasteiger partial charge < -0.3 is 30.3 Å². The number of amides is 2. The van der Waals surface area contributed by atoms with Crippen LogP contribution in [-0.2, 0) is 4.79 Å². The minimum Gasteiger partial charge on any atom is -0.481 e. The summed E-state index contributed by atoms with van der Waals surface area (Å²) in [6.45, 7) is 5.90. The van der Waals surface area contributed by atoms with E-state index >= 15 is 0 Å². The molecule has 3 rings (SSSR count). The van der Waals surface area contributed by atoms with Gasteiger partial charge in [-0.1, -0.05) is 12.1 Å². The maximum absolute atomic E-state index is 12.3. The van der Waals surface area contributed by atoms with Crippen molar-refractivity contribution < 1.29 is 32.2 Å². The molecule has 0 radical (unpaired) electrons. The Morgan fingerprint density at radius 2 is 2.00 bits per heavy atom.